The molecule has 1 aromatic carbocycles. The zero-order chi connectivity index (χ0) is 15.3. The van der Waals surface area contributed by atoms with Crippen LogP contribution < -0.4 is 5.32 Å². The minimum Gasteiger partial charge on any atom is -0.508 e. The lowest BCUT2D eigenvalue weighted by atomic mass is 10.1. The topological polar surface area (TPSA) is 89.9 Å². The van der Waals surface area contributed by atoms with E-state index in [2.05, 4.69) is 5.32 Å². The monoisotopic (exact) mass is 280 g/mol. The highest BCUT2D eigenvalue weighted by atomic mass is 16.4. The molecule has 0 saturated heterocycles. The van der Waals surface area contributed by atoms with Gasteiger partial charge in [-0.2, -0.15) is 0 Å². The number of aromatic hydroxyl groups is 1. The largest absolute Gasteiger partial charge is 0.508 e. The number of hydrogen-bond donors (Lipinski definition) is 3. The molecule has 1 aromatic rings. The van der Waals surface area contributed by atoms with Gasteiger partial charge in [-0.1, -0.05) is 12.1 Å². The fraction of sp³-hybridized carbons (Fsp3) is 0.429. The molecular formula is C14H20N2O4. The minimum absolute atomic E-state index is 0.0156. The van der Waals surface area contributed by atoms with Gasteiger partial charge in [0.2, 0.25) is 0 Å². The van der Waals surface area contributed by atoms with Crippen LogP contribution in [0.1, 0.15) is 19.4 Å². The van der Waals surface area contributed by atoms with E-state index in [1.54, 1.807) is 19.2 Å². The zero-order valence-corrected chi connectivity index (χ0v) is 11.8. The predicted molar refractivity (Wildman–Crippen MR) is 74.7 cm³/mol. The number of phenolic OH excluding ortho intramolecular Hbond substituents is 1. The lowest BCUT2D eigenvalue weighted by Crippen LogP contribution is -2.49. The molecule has 0 aliphatic carbocycles. The summed E-state index contributed by atoms with van der Waals surface area (Å²) in [5.41, 5.74) is 0.725. The normalized spacial score (nSPS) is 12.0. The summed E-state index contributed by atoms with van der Waals surface area (Å²) in [4.78, 5) is 24.5. The molecular weight excluding hydrogens is 260 g/mol. The Morgan fingerprint density at radius 1 is 1.25 bits per heavy atom. The van der Waals surface area contributed by atoms with Crippen LogP contribution in [-0.4, -0.2) is 46.2 Å². The van der Waals surface area contributed by atoms with Gasteiger partial charge in [0.15, 0.2) is 0 Å². The quantitative estimate of drug-likeness (QED) is 0.761. The number of carboxylic acids is 1. The van der Waals surface area contributed by atoms with Crippen LogP contribution in [0.15, 0.2) is 24.3 Å². The molecule has 0 aliphatic rings. The molecule has 110 valence electrons. The molecule has 3 N–H and O–H groups in total. The van der Waals surface area contributed by atoms with Crippen LogP contribution in [-0.2, 0) is 11.2 Å². The minimum atomic E-state index is -1.09. The maximum Gasteiger partial charge on any atom is 0.326 e. The highest BCUT2D eigenvalue weighted by Gasteiger charge is 2.22. The number of carbonyl (C=O) groups is 2. The Bertz CT molecular complexity index is 471. The van der Waals surface area contributed by atoms with Crippen molar-refractivity contribution in [1.82, 2.24) is 10.2 Å². The van der Waals surface area contributed by atoms with E-state index in [9.17, 15) is 19.8 Å². The number of carboxylic acid groups (broad SMARTS) is 1. The van der Waals surface area contributed by atoms with Gasteiger partial charge in [0, 0.05) is 19.5 Å². The number of aliphatic carboxylic acids is 1. The average Bonchev–Trinajstić information content (AvgIpc) is 2.39. The SMILES string of the molecule is CC(C)N(C)C(=O)N[C@@H](Cc1ccc(O)cc1)C(=O)O. The number of nitrogens with zero attached hydrogens (tertiary/aromatic N) is 1. The number of benzene rings is 1. The van der Waals surface area contributed by atoms with E-state index in [4.69, 9.17) is 0 Å². The third kappa shape index (κ3) is 4.46. The summed E-state index contributed by atoms with van der Waals surface area (Å²) in [5.74, 6) is -0.979. The van der Waals surface area contributed by atoms with E-state index in [0.717, 1.165) is 5.56 Å². The Balaban J connectivity index is 2.72. The zero-order valence-electron chi connectivity index (χ0n) is 11.8. The van der Waals surface area contributed by atoms with Gasteiger partial charge >= 0.3 is 12.0 Å². The summed E-state index contributed by atoms with van der Waals surface area (Å²) in [6.07, 6.45) is 0.160. The second-order valence-electron chi connectivity index (χ2n) is 4.92. The molecule has 1 rings (SSSR count). The van der Waals surface area contributed by atoms with Gasteiger partial charge in [-0.25, -0.2) is 9.59 Å². The number of nitrogens with one attached hydrogen (secondary N) is 1. The summed E-state index contributed by atoms with van der Waals surface area (Å²) >= 11 is 0. The van der Waals surface area contributed by atoms with Crippen LogP contribution >= 0.6 is 0 Å². The van der Waals surface area contributed by atoms with Crippen molar-refractivity contribution in [2.45, 2.75) is 32.4 Å². The summed E-state index contributed by atoms with van der Waals surface area (Å²) in [5, 5.41) is 20.8. The molecule has 0 saturated carbocycles. The third-order valence-electron chi connectivity index (χ3n) is 3.07. The molecule has 1 atom stereocenters. The van der Waals surface area contributed by atoms with E-state index < -0.39 is 18.0 Å². The van der Waals surface area contributed by atoms with Crippen LogP contribution in [0.25, 0.3) is 0 Å². The first-order valence-corrected chi connectivity index (χ1v) is 6.35. The standard InChI is InChI=1S/C14H20N2O4/c1-9(2)16(3)14(20)15-12(13(18)19)8-10-4-6-11(17)7-5-10/h4-7,9,12,17H,8H2,1-3H3,(H,15,20)(H,18,19)/t12-/m0/s1. The van der Waals surface area contributed by atoms with E-state index in [-0.39, 0.29) is 18.2 Å². The Labute approximate surface area is 118 Å². The fourth-order valence-electron chi connectivity index (χ4n) is 1.55. The first-order chi connectivity index (χ1) is 9.31. The molecule has 0 bridgehead atoms. The van der Waals surface area contributed by atoms with Gasteiger partial charge in [-0.3, -0.25) is 0 Å². The van der Waals surface area contributed by atoms with Crippen molar-refractivity contribution in [2.75, 3.05) is 7.05 Å². The van der Waals surface area contributed by atoms with Crippen LogP contribution in [0, 0.1) is 0 Å². The Morgan fingerprint density at radius 3 is 2.25 bits per heavy atom. The van der Waals surface area contributed by atoms with Gasteiger partial charge in [0.25, 0.3) is 0 Å². The van der Waals surface area contributed by atoms with Crippen molar-refractivity contribution >= 4 is 12.0 Å². The van der Waals surface area contributed by atoms with E-state index in [1.165, 1.54) is 17.0 Å². The van der Waals surface area contributed by atoms with Crippen molar-refractivity contribution in [2.24, 2.45) is 0 Å². The first-order valence-electron chi connectivity index (χ1n) is 6.35. The molecule has 6 heteroatoms. The molecule has 20 heavy (non-hydrogen) atoms. The van der Waals surface area contributed by atoms with Gasteiger partial charge < -0.3 is 20.4 Å². The molecule has 0 heterocycles. The summed E-state index contributed by atoms with van der Waals surface area (Å²) in [6.45, 7) is 3.69. The summed E-state index contributed by atoms with van der Waals surface area (Å²) in [6, 6.07) is 4.78. The predicted octanol–water partition coefficient (Wildman–Crippen LogP) is 1.44. The number of rotatable bonds is 5. The molecule has 0 fully saturated rings. The number of carbonyl (C=O) groups excluding carboxylic acids is 1. The van der Waals surface area contributed by atoms with E-state index in [0.29, 0.717) is 0 Å². The highest BCUT2D eigenvalue weighted by molar-refractivity contribution is 5.82. The third-order valence-corrected chi connectivity index (χ3v) is 3.07. The highest BCUT2D eigenvalue weighted by Crippen LogP contribution is 2.11. The van der Waals surface area contributed by atoms with Gasteiger partial charge in [-0.05, 0) is 31.5 Å². The maximum absolute atomic E-state index is 11.9. The number of hydrogen-bond acceptors (Lipinski definition) is 3. The Morgan fingerprint density at radius 2 is 1.80 bits per heavy atom. The summed E-state index contributed by atoms with van der Waals surface area (Å²) in [7, 11) is 1.61. The van der Waals surface area contributed by atoms with Crippen LogP contribution in [0.2, 0.25) is 0 Å². The fourth-order valence-corrected chi connectivity index (χ4v) is 1.55. The Kier molecular flexibility index (Phi) is 5.37. The smallest absolute Gasteiger partial charge is 0.326 e. The van der Waals surface area contributed by atoms with E-state index >= 15 is 0 Å². The van der Waals surface area contributed by atoms with Crippen molar-refractivity contribution in [3.8, 4) is 5.75 Å². The molecule has 0 radical (unpaired) electrons. The van der Waals surface area contributed by atoms with Crippen molar-refractivity contribution in [3.05, 3.63) is 29.8 Å². The molecule has 0 aliphatic heterocycles. The average molecular weight is 280 g/mol. The lowest BCUT2D eigenvalue weighted by molar-refractivity contribution is -0.139. The second kappa shape index (κ2) is 6.79. The van der Waals surface area contributed by atoms with Gasteiger partial charge in [0.05, 0.1) is 0 Å². The van der Waals surface area contributed by atoms with Crippen molar-refractivity contribution < 1.29 is 19.8 Å². The number of phenols is 1. The summed E-state index contributed by atoms with van der Waals surface area (Å²) < 4.78 is 0. The molecule has 0 unspecified atom stereocenters. The van der Waals surface area contributed by atoms with Gasteiger partial charge in [-0.15, -0.1) is 0 Å². The van der Waals surface area contributed by atoms with Crippen LogP contribution in [0.3, 0.4) is 0 Å². The molecule has 6 nitrogen and oxygen atoms in total. The first kappa shape index (κ1) is 15.8. The maximum atomic E-state index is 11.9. The van der Waals surface area contributed by atoms with Crippen molar-refractivity contribution in [1.29, 1.82) is 0 Å². The molecule has 2 amide bonds. The number of urea groups is 1. The van der Waals surface area contributed by atoms with Crippen LogP contribution in [0.4, 0.5) is 4.79 Å². The lowest BCUT2D eigenvalue weighted by Gasteiger charge is -2.24. The van der Waals surface area contributed by atoms with E-state index in [1.807, 2.05) is 13.8 Å². The van der Waals surface area contributed by atoms with Crippen molar-refractivity contribution in [3.63, 3.8) is 0 Å². The molecule has 0 aromatic heterocycles. The second-order valence-corrected chi connectivity index (χ2v) is 4.92. The van der Waals surface area contributed by atoms with Crippen LogP contribution in [0.5, 0.6) is 5.75 Å². The molecule has 0 spiro atoms. The number of amides is 2. The van der Waals surface area contributed by atoms with Gasteiger partial charge in [0.1, 0.15) is 11.8 Å². The Hall–Kier alpha value is -2.24.